The first kappa shape index (κ1) is 54.9. The van der Waals surface area contributed by atoms with E-state index < -0.39 is 123 Å². The zero-order valence-corrected chi connectivity index (χ0v) is 42.9. The Morgan fingerprint density at radius 2 is 1.41 bits per heavy atom. The second-order valence-electron chi connectivity index (χ2n) is 19.8. The third-order valence-electron chi connectivity index (χ3n) is 14.7. The minimum absolute atomic E-state index is 0.0271. The molecule has 3 fully saturated rings. The van der Waals surface area contributed by atoms with Crippen molar-refractivity contribution in [3.8, 4) is 5.88 Å². The molecule has 3 aromatic carbocycles. The molecule has 3 N–H and O–H groups in total. The minimum atomic E-state index is -3.92. The van der Waals surface area contributed by atoms with Crippen LogP contribution in [-0.2, 0) is 60.0 Å². The summed E-state index contributed by atoms with van der Waals surface area (Å²) < 4.78 is 66.5. The van der Waals surface area contributed by atoms with E-state index in [1.807, 2.05) is 0 Å². The van der Waals surface area contributed by atoms with Crippen LogP contribution in [0.2, 0.25) is 0 Å². The second-order valence-corrected chi connectivity index (χ2v) is 21.2. The Morgan fingerprint density at radius 3 is 1.95 bits per heavy atom. The number of hydrogen-bond acceptors (Lipinski definition) is 17. The number of aliphatic hydroxyl groups excluding tert-OH is 1. The Labute approximate surface area is 428 Å². The summed E-state index contributed by atoms with van der Waals surface area (Å²) in [4.78, 5) is 85.9. The minimum Gasteiger partial charge on any atom is -0.748 e. The van der Waals surface area contributed by atoms with E-state index in [-0.39, 0.29) is 35.6 Å². The average molecular weight is 1040 g/mol. The fourth-order valence-electron chi connectivity index (χ4n) is 11.0. The smallest absolute Gasteiger partial charge is 0.368 e. The number of ether oxygens (including phenoxy) is 6. The number of aromatic nitrogens is 1. The lowest BCUT2D eigenvalue weighted by atomic mass is 9.44. The first-order valence-electron chi connectivity index (χ1n) is 23.8. The van der Waals surface area contributed by atoms with Crippen molar-refractivity contribution in [1.29, 1.82) is 0 Å². The van der Waals surface area contributed by atoms with Gasteiger partial charge in [-0.25, -0.2) is 18.0 Å². The van der Waals surface area contributed by atoms with Crippen LogP contribution >= 0.6 is 0 Å². The number of nitrogens with one attached hydrogen (secondary N) is 1. The van der Waals surface area contributed by atoms with Crippen molar-refractivity contribution < 1.29 is 84.9 Å². The van der Waals surface area contributed by atoms with E-state index in [0.29, 0.717) is 17.4 Å². The highest BCUT2D eigenvalue weighted by molar-refractivity contribution is 7.84. The molecule has 19 nitrogen and oxygen atoms in total. The van der Waals surface area contributed by atoms with Crippen molar-refractivity contribution in [3.63, 3.8) is 0 Å². The molecule has 2 heterocycles. The SMILES string of the molecule is CC(=O)O[C@H]1C(=O)[C@@]2(C)C([C@H](OC(=O)c3ccccc3)[C@]3(O)C[C@H](OC(=O)[C@H](Oc4cccc[n+]4C)[C@@H](NC(=O)c4ccccc4)c4ccccc4)C(C)=C1C3(C)C)[C@]1(OC(C)=O)CO[C@@H]1C[C@@H]2O.CS(=O)(=O)[O-]. The van der Waals surface area contributed by atoms with E-state index in [2.05, 4.69) is 5.32 Å². The van der Waals surface area contributed by atoms with Gasteiger partial charge in [0, 0.05) is 50.0 Å². The maximum atomic E-state index is 15.7. The molecule has 1 aromatic heterocycles. The van der Waals surface area contributed by atoms with Gasteiger partial charge >= 0.3 is 29.8 Å². The molecule has 2 bridgehead atoms. The highest BCUT2D eigenvalue weighted by Crippen LogP contribution is 2.64. The number of ketones is 1. The number of benzene rings is 3. The maximum absolute atomic E-state index is 15.7. The van der Waals surface area contributed by atoms with Gasteiger partial charge in [-0.05, 0) is 60.9 Å². The van der Waals surface area contributed by atoms with Crippen molar-refractivity contribution in [1.82, 2.24) is 5.32 Å². The molecule has 20 heteroatoms. The third-order valence-corrected chi connectivity index (χ3v) is 14.7. The highest BCUT2D eigenvalue weighted by Gasteiger charge is 2.78. The third kappa shape index (κ3) is 10.6. The largest absolute Gasteiger partial charge is 0.748 e. The summed E-state index contributed by atoms with van der Waals surface area (Å²) in [5, 5.41) is 29.2. The molecular weight excluding hydrogens is 981 g/mol. The number of pyridine rings is 1. The number of rotatable bonds is 12. The normalized spacial score (nSPS) is 28.5. The quantitative estimate of drug-likeness (QED) is 0.0598. The molecule has 74 heavy (non-hydrogen) atoms. The van der Waals surface area contributed by atoms with E-state index in [1.54, 1.807) is 136 Å². The van der Waals surface area contributed by atoms with Gasteiger partial charge in [0.1, 0.15) is 37.0 Å². The number of hydrogen-bond donors (Lipinski definition) is 3. The molecule has 394 valence electrons. The van der Waals surface area contributed by atoms with Crippen LogP contribution in [0.5, 0.6) is 5.88 Å². The van der Waals surface area contributed by atoms with E-state index >= 15 is 9.59 Å². The summed E-state index contributed by atoms with van der Waals surface area (Å²) in [6, 6.07) is 28.9. The van der Waals surface area contributed by atoms with E-state index in [4.69, 9.17) is 41.4 Å². The first-order valence-corrected chi connectivity index (χ1v) is 25.6. The van der Waals surface area contributed by atoms with Crippen LogP contribution in [0.25, 0.3) is 0 Å². The molecule has 1 aliphatic heterocycles. The number of Topliss-reactive ketones (excluding diaryl/α,β-unsaturated/α-hetero) is 1. The Kier molecular flexibility index (Phi) is 15.7. The molecule has 0 spiro atoms. The molecule has 2 saturated carbocycles. The molecule has 1 amide bonds. The molecule has 4 aromatic rings. The lowest BCUT2D eigenvalue weighted by Crippen LogP contribution is -2.82. The first-order chi connectivity index (χ1) is 34.7. The zero-order chi connectivity index (χ0) is 54.1. The number of carbonyl (C=O) groups excluding carboxylic acids is 6. The fourth-order valence-corrected chi connectivity index (χ4v) is 11.0. The van der Waals surface area contributed by atoms with Gasteiger partial charge in [-0.2, -0.15) is 4.57 Å². The van der Waals surface area contributed by atoms with Crippen molar-refractivity contribution in [2.45, 2.75) is 108 Å². The molecule has 8 rings (SSSR count). The molecule has 4 aliphatic rings. The molecule has 1 unspecified atom stereocenters. The van der Waals surface area contributed by atoms with Gasteiger partial charge in [-0.3, -0.25) is 19.2 Å². The standard InChI is InChI=1S/C53H56N2O14.CH4O3S/c1-30-36(66-49(62)43(67-39-25-17-18-26-55(39)7)41(33-19-11-8-12-20-33)54-47(60)34-21-13-9-14-22-34)28-53(63)46(68-48(61)35-23-15-10-16-24-35)44-51(6,37(58)27-38-52(44,29-64-38)69-32(3)57)45(59)42(65-31(2)56)40(30)50(53,4)5;1-5(2,3)4/h8-26,36-38,41-44,46,58,63H,27-29H2,1-7H3;1H3,(H,2,3,4)/t36-,37-,38+,41-,42+,43+,44?,46-,51+,52-,53+;/m0./s1. The van der Waals surface area contributed by atoms with Crippen LogP contribution in [0.3, 0.4) is 0 Å². The van der Waals surface area contributed by atoms with Gasteiger partial charge in [0.2, 0.25) is 6.10 Å². The molecule has 1 saturated heterocycles. The van der Waals surface area contributed by atoms with Crippen LogP contribution in [0.4, 0.5) is 0 Å². The van der Waals surface area contributed by atoms with E-state index in [1.165, 1.54) is 26.0 Å². The van der Waals surface area contributed by atoms with Gasteiger partial charge in [0.15, 0.2) is 23.7 Å². The Morgan fingerprint density at radius 1 is 0.838 bits per heavy atom. The molecular formula is C54H60N2O17S. The van der Waals surface area contributed by atoms with Crippen LogP contribution in [0.15, 0.2) is 127 Å². The van der Waals surface area contributed by atoms with Crippen LogP contribution < -0.4 is 14.6 Å². The zero-order valence-electron chi connectivity index (χ0n) is 42.1. The number of amides is 1. The summed E-state index contributed by atoms with van der Waals surface area (Å²) >= 11 is 0. The van der Waals surface area contributed by atoms with Gasteiger partial charge < -0.3 is 48.5 Å². The van der Waals surface area contributed by atoms with Crippen molar-refractivity contribution in [2.24, 2.45) is 23.8 Å². The van der Waals surface area contributed by atoms with Gasteiger partial charge in [-0.1, -0.05) is 80.6 Å². The summed E-state index contributed by atoms with van der Waals surface area (Å²) in [5.74, 6) is -6.29. The summed E-state index contributed by atoms with van der Waals surface area (Å²) in [6.45, 7) is 8.17. The summed E-state index contributed by atoms with van der Waals surface area (Å²) in [7, 11) is -2.21. The maximum Gasteiger partial charge on any atom is 0.368 e. The Balaban J connectivity index is 0.00000153. The molecule has 3 aliphatic carbocycles. The summed E-state index contributed by atoms with van der Waals surface area (Å²) in [5.41, 5.74) is -6.80. The molecule has 11 atom stereocenters. The number of nitrogens with zero attached hydrogens (tertiary/aromatic N) is 1. The number of fused-ring (bicyclic) bond motifs is 5. The topological polar surface area (TPSA) is 271 Å². The van der Waals surface area contributed by atoms with Crippen LogP contribution in [0, 0.1) is 16.7 Å². The number of esters is 4. The predicted octanol–water partition coefficient (Wildman–Crippen LogP) is 3.81. The number of aliphatic hydroxyl groups is 2. The molecule has 0 radical (unpaired) electrons. The summed E-state index contributed by atoms with van der Waals surface area (Å²) in [6.07, 6.45) is -7.75. The van der Waals surface area contributed by atoms with Gasteiger partial charge in [0.05, 0.1) is 45.8 Å². The number of carbonyl (C=O) groups is 6. The van der Waals surface area contributed by atoms with Gasteiger partial charge in [-0.15, -0.1) is 0 Å². The number of aryl methyl sites for hydroxylation is 1. The highest BCUT2D eigenvalue weighted by atomic mass is 32.2. The average Bonchev–Trinajstić information content (AvgIpc) is 3.34. The monoisotopic (exact) mass is 1040 g/mol. The van der Waals surface area contributed by atoms with Crippen LogP contribution in [0.1, 0.15) is 86.7 Å². The van der Waals surface area contributed by atoms with E-state index in [0.717, 1.165) is 6.92 Å². The van der Waals surface area contributed by atoms with Crippen molar-refractivity contribution in [3.05, 3.63) is 143 Å². The van der Waals surface area contributed by atoms with E-state index in [9.17, 15) is 29.4 Å². The lowest BCUT2D eigenvalue weighted by Gasteiger charge is -2.67. The Hall–Kier alpha value is -6.84. The van der Waals surface area contributed by atoms with Crippen molar-refractivity contribution in [2.75, 3.05) is 12.9 Å². The van der Waals surface area contributed by atoms with Gasteiger partial charge in [0.25, 0.3) is 5.91 Å². The van der Waals surface area contributed by atoms with Crippen molar-refractivity contribution >= 4 is 45.7 Å². The fraction of sp³-hybridized carbons (Fsp3) is 0.426. The lowest BCUT2D eigenvalue weighted by molar-refractivity contribution is -0.677. The Bertz CT molecular complexity index is 2930. The van der Waals surface area contributed by atoms with Crippen LogP contribution in [-0.4, -0.2) is 119 Å². The second kappa shape index (κ2) is 21.2. The predicted molar refractivity (Wildman–Crippen MR) is 259 cm³/mol.